The molecule has 0 fully saturated rings. The second kappa shape index (κ2) is 6.40. The number of carbonyl (C=O) groups is 1. The fourth-order valence-electron chi connectivity index (χ4n) is 2.26. The maximum Gasteiger partial charge on any atom is 0.573 e. The van der Waals surface area contributed by atoms with Crippen LogP contribution >= 0.6 is 0 Å². The predicted octanol–water partition coefficient (Wildman–Crippen LogP) is 3.35. The Morgan fingerprint density at radius 1 is 1.17 bits per heavy atom. The first-order valence-corrected chi connectivity index (χ1v) is 6.77. The number of phenolic OH excluding ortho intramolecular Hbond substituents is 1. The van der Waals surface area contributed by atoms with Crippen molar-refractivity contribution in [2.24, 2.45) is 5.73 Å². The summed E-state index contributed by atoms with van der Waals surface area (Å²) in [6, 6.07) is 6.41. The number of hydrogen-bond acceptors (Lipinski definition) is 4. The van der Waals surface area contributed by atoms with Crippen molar-refractivity contribution >= 4 is 5.97 Å². The summed E-state index contributed by atoms with van der Waals surface area (Å²) in [5.74, 6) is -1.96. The van der Waals surface area contributed by atoms with Crippen LogP contribution in [0.2, 0.25) is 0 Å². The number of rotatable bonds is 4. The zero-order valence-corrected chi connectivity index (χ0v) is 12.5. The van der Waals surface area contributed by atoms with Crippen LogP contribution in [0.25, 0.3) is 0 Å². The van der Waals surface area contributed by atoms with Crippen LogP contribution in [0.15, 0.2) is 36.4 Å². The van der Waals surface area contributed by atoms with E-state index in [0.29, 0.717) is 11.1 Å². The van der Waals surface area contributed by atoms with Crippen molar-refractivity contribution in [1.82, 2.24) is 0 Å². The van der Waals surface area contributed by atoms with Crippen molar-refractivity contribution in [1.29, 1.82) is 0 Å². The molecule has 5 nitrogen and oxygen atoms in total. The molecule has 0 spiro atoms. The molecule has 1 atom stereocenters. The van der Waals surface area contributed by atoms with Gasteiger partial charge in [0.25, 0.3) is 0 Å². The van der Waals surface area contributed by atoms with Crippen molar-refractivity contribution in [3.8, 4) is 11.5 Å². The van der Waals surface area contributed by atoms with E-state index in [1.807, 2.05) is 0 Å². The normalized spacial score (nSPS) is 12.7. The number of aromatic hydroxyl groups is 1. The summed E-state index contributed by atoms with van der Waals surface area (Å²) in [7, 11) is 0. The van der Waals surface area contributed by atoms with E-state index in [2.05, 4.69) is 4.74 Å². The summed E-state index contributed by atoms with van der Waals surface area (Å²) in [4.78, 5) is 11.3. The summed E-state index contributed by atoms with van der Waals surface area (Å²) in [5.41, 5.74) is 6.59. The first-order valence-electron chi connectivity index (χ1n) is 6.77. The van der Waals surface area contributed by atoms with Crippen LogP contribution in [-0.4, -0.2) is 22.5 Å². The standard InChI is InChI=1S/C16H14F3NO4/c1-8-2-7-11(15(22)23)12(14(8)21)13(20)9-3-5-10(6-4-9)24-16(17,18)19/h2-7,13,21H,20H2,1H3,(H,22,23)/t13-/m0/s1. The third kappa shape index (κ3) is 3.77. The van der Waals surface area contributed by atoms with Gasteiger partial charge in [-0.05, 0) is 36.2 Å². The number of carboxylic acids is 1. The van der Waals surface area contributed by atoms with Crippen LogP contribution < -0.4 is 10.5 Å². The molecule has 0 radical (unpaired) electrons. The third-order valence-electron chi connectivity index (χ3n) is 3.43. The Kier molecular flexibility index (Phi) is 4.70. The van der Waals surface area contributed by atoms with Gasteiger partial charge in [0.05, 0.1) is 11.6 Å². The van der Waals surface area contributed by atoms with Crippen molar-refractivity contribution < 1.29 is 32.9 Å². The first kappa shape index (κ1) is 17.6. The van der Waals surface area contributed by atoms with E-state index in [4.69, 9.17) is 5.73 Å². The number of hydrogen-bond donors (Lipinski definition) is 3. The number of aromatic carboxylic acids is 1. The highest BCUT2D eigenvalue weighted by atomic mass is 19.4. The Hall–Kier alpha value is -2.74. The summed E-state index contributed by atoms with van der Waals surface area (Å²) < 4.78 is 40.2. The molecule has 2 aromatic rings. The molecule has 0 saturated carbocycles. The highest BCUT2D eigenvalue weighted by molar-refractivity contribution is 5.91. The lowest BCUT2D eigenvalue weighted by Crippen LogP contribution is -2.18. The molecule has 0 aliphatic carbocycles. The first-order chi connectivity index (χ1) is 11.1. The second-order valence-electron chi connectivity index (χ2n) is 5.09. The van der Waals surface area contributed by atoms with Crippen LogP contribution in [-0.2, 0) is 0 Å². The minimum Gasteiger partial charge on any atom is -0.507 e. The molecule has 0 aliphatic rings. The lowest BCUT2D eigenvalue weighted by Gasteiger charge is -2.18. The number of carboxylic acid groups (broad SMARTS) is 1. The van der Waals surface area contributed by atoms with Crippen LogP contribution in [0.4, 0.5) is 13.2 Å². The Morgan fingerprint density at radius 3 is 2.25 bits per heavy atom. The molecule has 0 amide bonds. The third-order valence-corrected chi connectivity index (χ3v) is 3.43. The van der Waals surface area contributed by atoms with Gasteiger partial charge in [-0.2, -0.15) is 0 Å². The molecular formula is C16H14F3NO4. The van der Waals surface area contributed by atoms with Gasteiger partial charge >= 0.3 is 12.3 Å². The molecule has 4 N–H and O–H groups in total. The maximum atomic E-state index is 12.2. The number of ether oxygens (including phenoxy) is 1. The van der Waals surface area contributed by atoms with Gasteiger partial charge in [0, 0.05) is 5.56 Å². The number of alkyl halides is 3. The number of halogens is 3. The second-order valence-corrected chi connectivity index (χ2v) is 5.09. The predicted molar refractivity (Wildman–Crippen MR) is 79.0 cm³/mol. The van der Waals surface area contributed by atoms with Crippen molar-refractivity contribution in [3.63, 3.8) is 0 Å². The Labute approximate surface area is 135 Å². The van der Waals surface area contributed by atoms with E-state index in [1.54, 1.807) is 6.92 Å². The summed E-state index contributed by atoms with van der Waals surface area (Å²) in [6.45, 7) is 1.58. The van der Waals surface area contributed by atoms with Gasteiger partial charge in [0.15, 0.2) is 0 Å². The van der Waals surface area contributed by atoms with Gasteiger partial charge < -0.3 is 20.7 Å². The molecule has 0 aliphatic heterocycles. The minimum atomic E-state index is -4.81. The van der Waals surface area contributed by atoms with Crippen molar-refractivity contribution in [2.45, 2.75) is 19.3 Å². The average Bonchev–Trinajstić information content (AvgIpc) is 2.48. The summed E-state index contributed by atoms with van der Waals surface area (Å²) in [6.07, 6.45) is -4.81. The molecule has 8 heteroatoms. The quantitative estimate of drug-likeness (QED) is 0.793. The molecule has 0 heterocycles. The molecule has 0 aromatic heterocycles. The van der Waals surface area contributed by atoms with E-state index in [-0.39, 0.29) is 16.9 Å². The molecule has 128 valence electrons. The Bertz CT molecular complexity index is 757. The monoisotopic (exact) mass is 341 g/mol. The number of aryl methyl sites for hydroxylation is 1. The van der Waals surface area contributed by atoms with Crippen LogP contribution in [0.3, 0.4) is 0 Å². The smallest absolute Gasteiger partial charge is 0.507 e. The zero-order chi connectivity index (χ0) is 18.1. The molecule has 0 unspecified atom stereocenters. The highest BCUT2D eigenvalue weighted by Gasteiger charge is 2.31. The van der Waals surface area contributed by atoms with E-state index < -0.39 is 24.1 Å². The van der Waals surface area contributed by atoms with Gasteiger partial charge in [0.2, 0.25) is 0 Å². The SMILES string of the molecule is Cc1ccc(C(=O)O)c([C@@H](N)c2ccc(OC(F)(F)F)cc2)c1O. The topological polar surface area (TPSA) is 92.8 Å². The number of benzene rings is 2. The summed E-state index contributed by atoms with van der Waals surface area (Å²) >= 11 is 0. The molecule has 0 bridgehead atoms. The number of phenols is 1. The molecule has 2 rings (SSSR count). The van der Waals surface area contributed by atoms with E-state index >= 15 is 0 Å². The Balaban J connectivity index is 2.40. The lowest BCUT2D eigenvalue weighted by molar-refractivity contribution is -0.274. The molecular weight excluding hydrogens is 327 g/mol. The zero-order valence-electron chi connectivity index (χ0n) is 12.5. The molecule has 0 saturated heterocycles. The van der Waals surface area contributed by atoms with Crippen molar-refractivity contribution in [3.05, 3.63) is 58.7 Å². The van der Waals surface area contributed by atoms with E-state index in [9.17, 15) is 28.2 Å². The van der Waals surface area contributed by atoms with Crippen LogP contribution in [0.1, 0.15) is 33.1 Å². The maximum absolute atomic E-state index is 12.2. The average molecular weight is 341 g/mol. The van der Waals surface area contributed by atoms with Crippen molar-refractivity contribution in [2.75, 3.05) is 0 Å². The number of nitrogens with two attached hydrogens (primary N) is 1. The Morgan fingerprint density at radius 2 is 1.75 bits per heavy atom. The fourth-order valence-corrected chi connectivity index (χ4v) is 2.26. The van der Waals surface area contributed by atoms with Crippen LogP contribution in [0.5, 0.6) is 11.5 Å². The molecule has 24 heavy (non-hydrogen) atoms. The van der Waals surface area contributed by atoms with Gasteiger partial charge in [-0.15, -0.1) is 13.2 Å². The van der Waals surface area contributed by atoms with Gasteiger partial charge in [-0.1, -0.05) is 18.2 Å². The largest absolute Gasteiger partial charge is 0.573 e. The van der Waals surface area contributed by atoms with E-state index in [0.717, 1.165) is 12.1 Å². The van der Waals surface area contributed by atoms with E-state index in [1.165, 1.54) is 24.3 Å². The molecule has 2 aromatic carbocycles. The fraction of sp³-hybridized carbons (Fsp3) is 0.188. The minimum absolute atomic E-state index is 0.00742. The summed E-state index contributed by atoms with van der Waals surface area (Å²) in [5, 5.41) is 19.4. The highest BCUT2D eigenvalue weighted by Crippen LogP contribution is 2.34. The lowest BCUT2D eigenvalue weighted by atomic mass is 9.92. The van der Waals surface area contributed by atoms with Gasteiger partial charge in [0.1, 0.15) is 11.5 Å². The van der Waals surface area contributed by atoms with Gasteiger partial charge in [-0.3, -0.25) is 0 Å². The van der Waals surface area contributed by atoms with Gasteiger partial charge in [-0.25, -0.2) is 4.79 Å². The van der Waals surface area contributed by atoms with Crippen LogP contribution in [0, 0.1) is 6.92 Å².